The van der Waals surface area contributed by atoms with Crippen LogP contribution in [-0.2, 0) is 0 Å². The summed E-state index contributed by atoms with van der Waals surface area (Å²) >= 11 is 0. The summed E-state index contributed by atoms with van der Waals surface area (Å²) in [6.45, 7) is 3.00. The van der Waals surface area contributed by atoms with Gasteiger partial charge in [0.2, 0.25) is 0 Å². The van der Waals surface area contributed by atoms with Crippen LogP contribution in [0.2, 0.25) is 0 Å². The van der Waals surface area contributed by atoms with Gasteiger partial charge in [0, 0.05) is 24.4 Å². The maximum atomic E-state index is 12.5. The van der Waals surface area contributed by atoms with Crippen LogP contribution in [0.1, 0.15) is 6.92 Å². The van der Waals surface area contributed by atoms with Crippen molar-refractivity contribution in [1.29, 1.82) is 0 Å². The number of nitro groups is 1. The van der Waals surface area contributed by atoms with Crippen LogP contribution >= 0.6 is 0 Å². The Kier molecular flexibility index (Phi) is 5.21. The zero-order valence-electron chi connectivity index (χ0n) is 14.3. The molecular formula is C18H19N3O5. The van der Waals surface area contributed by atoms with Crippen molar-refractivity contribution >= 4 is 17.4 Å². The first-order chi connectivity index (χ1) is 12.6. The van der Waals surface area contributed by atoms with Gasteiger partial charge in [-0.05, 0) is 25.1 Å². The van der Waals surface area contributed by atoms with Gasteiger partial charge in [-0.15, -0.1) is 0 Å². The minimum absolute atomic E-state index is 0.0773. The second-order valence-electron chi connectivity index (χ2n) is 5.77. The van der Waals surface area contributed by atoms with E-state index in [4.69, 9.17) is 9.47 Å². The van der Waals surface area contributed by atoms with Crippen molar-refractivity contribution in [3.63, 3.8) is 0 Å². The van der Waals surface area contributed by atoms with E-state index in [-0.39, 0.29) is 17.8 Å². The van der Waals surface area contributed by atoms with Crippen molar-refractivity contribution in [2.75, 3.05) is 25.0 Å². The number of anilines is 1. The number of carbonyl (C=O) groups excluding carboxylic acids is 1. The molecule has 1 atom stereocenters. The molecule has 8 nitrogen and oxygen atoms in total. The number of nitro benzene ring substituents is 1. The largest absolute Gasteiger partial charge is 0.486 e. The SMILES string of the molecule is CCN(C[C@H]1COc2ccccc2O1)C(=O)Nc1cccc([N+](=O)[O-])c1. The number of rotatable bonds is 5. The highest BCUT2D eigenvalue weighted by Gasteiger charge is 2.25. The fourth-order valence-electron chi connectivity index (χ4n) is 2.65. The zero-order valence-corrected chi connectivity index (χ0v) is 14.3. The van der Waals surface area contributed by atoms with E-state index in [1.54, 1.807) is 11.0 Å². The molecule has 26 heavy (non-hydrogen) atoms. The average molecular weight is 357 g/mol. The maximum absolute atomic E-state index is 12.5. The molecule has 1 aliphatic heterocycles. The quantitative estimate of drug-likeness (QED) is 0.654. The number of benzene rings is 2. The van der Waals surface area contributed by atoms with E-state index in [1.807, 2.05) is 31.2 Å². The van der Waals surface area contributed by atoms with Crippen LogP contribution in [0.4, 0.5) is 16.2 Å². The van der Waals surface area contributed by atoms with Crippen LogP contribution in [0.25, 0.3) is 0 Å². The lowest BCUT2D eigenvalue weighted by molar-refractivity contribution is -0.384. The molecule has 0 bridgehead atoms. The van der Waals surface area contributed by atoms with Crippen molar-refractivity contribution in [3.05, 3.63) is 58.6 Å². The Morgan fingerprint density at radius 1 is 1.27 bits per heavy atom. The first-order valence-electron chi connectivity index (χ1n) is 8.25. The summed E-state index contributed by atoms with van der Waals surface area (Å²) in [6.07, 6.45) is -0.291. The van der Waals surface area contributed by atoms with Gasteiger partial charge in [-0.2, -0.15) is 0 Å². The first-order valence-corrected chi connectivity index (χ1v) is 8.25. The molecule has 2 amide bonds. The number of nitrogens with zero attached hydrogens (tertiary/aromatic N) is 2. The minimum atomic E-state index is -0.502. The third-order valence-corrected chi connectivity index (χ3v) is 3.97. The normalized spacial score (nSPS) is 15.2. The number of ether oxygens (including phenoxy) is 2. The number of fused-ring (bicyclic) bond motifs is 1. The molecule has 0 saturated carbocycles. The number of hydrogen-bond donors (Lipinski definition) is 1. The van der Waals surface area contributed by atoms with Gasteiger partial charge >= 0.3 is 6.03 Å². The number of para-hydroxylation sites is 2. The van der Waals surface area contributed by atoms with Crippen LogP contribution in [0, 0.1) is 10.1 Å². The molecule has 0 aromatic heterocycles. The third kappa shape index (κ3) is 4.02. The lowest BCUT2D eigenvalue weighted by atomic mass is 10.2. The number of carbonyl (C=O) groups is 1. The van der Waals surface area contributed by atoms with Crippen molar-refractivity contribution in [2.24, 2.45) is 0 Å². The number of urea groups is 1. The second-order valence-corrected chi connectivity index (χ2v) is 5.77. The number of hydrogen-bond acceptors (Lipinski definition) is 5. The minimum Gasteiger partial charge on any atom is -0.486 e. The summed E-state index contributed by atoms with van der Waals surface area (Å²) in [6, 6.07) is 12.9. The first kappa shape index (κ1) is 17.5. The van der Waals surface area contributed by atoms with E-state index in [9.17, 15) is 14.9 Å². The molecule has 8 heteroatoms. The van der Waals surface area contributed by atoms with Crippen molar-refractivity contribution in [1.82, 2.24) is 4.90 Å². The highest BCUT2D eigenvalue weighted by Crippen LogP contribution is 2.31. The summed E-state index contributed by atoms with van der Waals surface area (Å²) in [5.74, 6) is 1.34. The fraction of sp³-hybridized carbons (Fsp3) is 0.278. The molecule has 2 aromatic carbocycles. The number of amides is 2. The molecule has 0 fully saturated rings. The zero-order chi connectivity index (χ0) is 18.5. The van der Waals surface area contributed by atoms with Crippen molar-refractivity contribution < 1.29 is 19.2 Å². The lowest BCUT2D eigenvalue weighted by Gasteiger charge is -2.30. The molecular weight excluding hydrogens is 338 g/mol. The fourth-order valence-corrected chi connectivity index (χ4v) is 2.65. The van der Waals surface area contributed by atoms with Gasteiger partial charge in [0.15, 0.2) is 17.6 Å². The second kappa shape index (κ2) is 7.73. The van der Waals surface area contributed by atoms with Crippen LogP contribution in [-0.4, -0.2) is 41.7 Å². The van der Waals surface area contributed by atoms with Crippen LogP contribution in [0.5, 0.6) is 11.5 Å². The van der Waals surface area contributed by atoms with Crippen molar-refractivity contribution in [2.45, 2.75) is 13.0 Å². The van der Waals surface area contributed by atoms with Gasteiger partial charge in [0.05, 0.1) is 11.5 Å². The Labute approximate surface area is 150 Å². The van der Waals surface area contributed by atoms with Gasteiger partial charge in [0.25, 0.3) is 5.69 Å². The predicted octanol–water partition coefficient (Wildman–Crippen LogP) is 3.29. The van der Waals surface area contributed by atoms with E-state index in [2.05, 4.69) is 5.32 Å². The maximum Gasteiger partial charge on any atom is 0.321 e. The van der Waals surface area contributed by atoms with Gasteiger partial charge in [-0.25, -0.2) is 4.79 Å². The molecule has 0 unspecified atom stereocenters. The summed E-state index contributed by atoms with van der Waals surface area (Å²) in [5, 5.41) is 13.5. The molecule has 136 valence electrons. The average Bonchev–Trinajstić information content (AvgIpc) is 2.66. The Hall–Kier alpha value is -3.29. The monoisotopic (exact) mass is 357 g/mol. The number of non-ortho nitro benzene ring substituents is 1. The van der Waals surface area contributed by atoms with E-state index in [0.29, 0.717) is 36.9 Å². The number of likely N-dealkylation sites (N-methyl/N-ethyl adjacent to an activating group) is 1. The van der Waals surface area contributed by atoms with Crippen LogP contribution in [0.15, 0.2) is 48.5 Å². The lowest BCUT2D eigenvalue weighted by Crippen LogP contribution is -2.45. The molecule has 0 saturated heterocycles. The standard InChI is InChI=1S/C18H19N3O5/c1-2-20(11-15-12-25-16-8-3-4-9-17(16)26-15)18(22)19-13-6-5-7-14(10-13)21(23)24/h3-10,15H,2,11-12H2,1H3,(H,19,22)/t15-/m0/s1. The van der Waals surface area contributed by atoms with Gasteiger partial charge in [-0.3, -0.25) is 10.1 Å². The van der Waals surface area contributed by atoms with E-state index in [0.717, 1.165) is 0 Å². The summed E-state index contributed by atoms with van der Waals surface area (Å²) < 4.78 is 11.5. The molecule has 0 aliphatic carbocycles. The molecule has 3 rings (SSSR count). The van der Waals surface area contributed by atoms with E-state index < -0.39 is 4.92 Å². The topological polar surface area (TPSA) is 93.9 Å². The predicted molar refractivity (Wildman–Crippen MR) is 95.7 cm³/mol. The molecule has 2 aromatic rings. The highest BCUT2D eigenvalue weighted by molar-refractivity contribution is 5.89. The highest BCUT2D eigenvalue weighted by atomic mass is 16.6. The molecule has 1 aliphatic rings. The Bertz CT molecular complexity index is 811. The van der Waals surface area contributed by atoms with Gasteiger partial charge < -0.3 is 19.7 Å². The third-order valence-electron chi connectivity index (χ3n) is 3.97. The molecule has 1 N–H and O–H groups in total. The van der Waals surface area contributed by atoms with Crippen molar-refractivity contribution in [3.8, 4) is 11.5 Å². The summed E-state index contributed by atoms with van der Waals surface area (Å²) in [4.78, 5) is 24.4. The van der Waals surface area contributed by atoms with Gasteiger partial charge in [0.1, 0.15) is 6.61 Å². The van der Waals surface area contributed by atoms with E-state index in [1.165, 1.54) is 18.2 Å². The number of nitrogens with one attached hydrogen (secondary N) is 1. The van der Waals surface area contributed by atoms with Crippen LogP contribution < -0.4 is 14.8 Å². The smallest absolute Gasteiger partial charge is 0.321 e. The van der Waals surface area contributed by atoms with Gasteiger partial charge in [-0.1, -0.05) is 18.2 Å². The molecule has 0 spiro atoms. The van der Waals surface area contributed by atoms with Crippen LogP contribution in [0.3, 0.4) is 0 Å². The Morgan fingerprint density at radius 3 is 2.77 bits per heavy atom. The van der Waals surface area contributed by atoms with E-state index >= 15 is 0 Å². The Morgan fingerprint density at radius 2 is 2.04 bits per heavy atom. The summed E-state index contributed by atoms with van der Waals surface area (Å²) in [7, 11) is 0. The Balaban J connectivity index is 1.63. The molecule has 0 radical (unpaired) electrons. The molecule has 1 heterocycles. The summed E-state index contributed by atoms with van der Waals surface area (Å²) in [5.41, 5.74) is 0.292.